The third-order valence-electron chi connectivity index (χ3n) is 6.62. The SMILES string of the molecule is CCC(C)(C)C(=O)[O][Sn]([O]C(=O)C(C)(C)CC)([O]C(=O)C(C)(C)CC)[O]C(=O)C(C)(C)CC. The van der Waals surface area contributed by atoms with Crippen molar-refractivity contribution in [3.8, 4) is 0 Å². The minimum atomic E-state index is -5.96. The van der Waals surface area contributed by atoms with E-state index in [1.54, 1.807) is 83.1 Å². The second-order valence-electron chi connectivity index (χ2n) is 11.0. The summed E-state index contributed by atoms with van der Waals surface area (Å²) in [5, 5.41) is 0. The van der Waals surface area contributed by atoms with Crippen LogP contribution >= 0.6 is 0 Å². The summed E-state index contributed by atoms with van der Waals surface area (Å²) in [5.74, 6) is -3.03. The van der Waals surface area contributed by atoms with E-state index in [1.807, 2.05) is 0 Å². The number of hydrogen-bond donors (Lipinski definition) is 0. The zero-order chi connectivity index (χ0) is 26.5. The molecule has 0 rings (SSSR count). The van der Waals surface area contributed by atoms with Gasteiger partial charge < -0.3 is 0 Å². The molecule has 0 spiro atoms. The molecule has 0 heterocycles. The molecule has 33 heavy (non-hydrogen) atoms. The first-order valence-corrected chi connectivity index (χ1v) is 16.4. The molecule has 0 amide bonds. The predicted molar refractivity (Wildman–Crippen MR) is 126 cm³/mol. The van der Waals surface area contributed by atoms with E-state index in [0.717, 1.165) is 0 Å². The van der Waals surface area contributed by atoms with Crippen molar-refractivity contribution in [2.45, 2.75) is 109 Å². The van der Waals surface area contributed by atoms with Gasteiger partial charge in [-0.3, -0.25) is 0 Å². The van der Waals surface area contributed by atoms with Crippen molar-refractivity contribution in [1.29, 1.82) is 0 Å². The van der Waals surface area contributed by atoms with E-state index in [9.17, 15) is 19.2 Å². The quantitative estimate of drug-likeness (QED) is 0.286. The van der Waals surface area contributed by atoms with Crippen molar-refractivity contribution >= 4 is 43.9 Å². The summed E-state index contributed by atoms with van der Waals surface area (Å²) in [7, 11) is 0. The van der Waals surface area contributed by atoms with E-state index in [2.05, 4.69) is 0 Å². The Morgan fingerprint density at radius 1 is 0.455 bits per heavy atom. The van der Waals surface area contributed by atoms with Crippen LogP contribution in [0.15, 0.2) is 0 Å². The van der Waals surface area contributed by atoms with Gasteiger partial charge in [-0.15, -0.1) is 0 Å². The molecular formula is C24H44O8Sn. The number of hydrogen-bond acceptors (Lipinski definition) is 8. The maximum atomic E-state index is 13.1. The van der Waals surface area contributed by atoms with E-state index in [-0.39, 0.29) is 0 Å². The second kappa shape index (κ2) is 11.4. The Labute approximate surface area is 205 Å². The summed E-state index contributed by atoms with van der Waals surface area (Å²) in [5.41, 5.74) is -3.91. The van der Waals surface area contributed by atoms with Crippen LogP contribution in [0.5, 0.6) is 0 Å². The molecular weight excluding hydrogens is 535 g/mol. The molecule has 0 aromatic heterocycles. The van der Waals surface area contributed by atoms with Crippen molar-refractivity contribution in [2.75, 3.05) is 0 Å². The van der Waals surface area contributed by atoms with Crippen LogP contribution in [0.1, 0.15) is 109 Å². The summed E-state index contributed by atoms with van der Waals surface area (Å²) < 4.78 is 22.7. The van der Waals surface area contributed by atoms with Crippen molar-refractivity contribution in [2.24, 2.45) is 21.7 Å². The van der Waals surface area contributed by atoms with Crippen LogP contribution in [0.25, 0.3) is 0 Å². The van der Waals surface area contributed by atoms with Crippen LogP contribution in [-0.4, -0.2) is 43.9 Å². The Morgan fingerprint density at radius 2 is 0.606 bits per heavy atom. The van der Waals surface area contributed by atoms with Gasteiger partial charge in [-0.05, 0) is 0 Å². The maximum absolute atomic E-state index is 13.1. The third-order valence-corrected chi connectivity index (χ3v) is 11.6. The normalized spacial score (nSPS) is 13.2. The number of carbonyl (C=O) groups is 4. The summed E-state index contributed by atoms with van der Waals surface area (Å²) in [6, 6.07) is 0. The van der Waals surface area contributed by atoms with Crippen molar-refractivity contribution in [3.05, 3.63) is 0 Å². The van der Waals surface area contributed by atoms with E-state index in [0.29, 0.717) is 25.7 Å². The van der Waals surface area contributed by atoms with Crippen molar-refractivity contribution in [1.82, 2.24) is 0 Å². The minimum absolute atomic E-state index is 0.408. The van der Waals surface area contributed by atoms with Gasteiger partial charge in [0.2, 0.25) is 0 Å². The Kier molecular flexibility index (Phi) is 10.9. The van der Waals surface area contributed by atoms with Gasteiger partial charge in [0.1, 0.15) is 0 Å². The molecule has 0 aliphatic carbocycles. The van der Waals surface area contributed by atoms with Crippen LogP contribution in [-0.2, 0) is 31.5 Å². The average Bonchev–Trinajstić information content (AvgIpc) is 2.72. The van der Waals surface area contributed by atoms with Crippen molar-refractivity contribution < 1.29 is 31.5 Å². The van der Waals surface area contributed by atoms with E-state index >= 15 is 0 Å². The van der Waals surface area contributed by atoms with E-state index in [1.165, 1.54) is 0 Å². The fraction of sp³-hybridized carbons (Fsp3) is 0.833. The van der Waals surface area contributed by atoms with Crippen LogP contribution < -0.4 is 0 Å². The molecule has 9 heteroatoms. The number of rotatable bonds is 12. The molecule has 0 radical (unpaired) electrons. The summed E-state index contributed by atoms with van der Waals surface area (Å²) >= 11 is -5.96. The molecule has 0 aromatic rings. The molecule has 0 N–H and O–H groups in total. The fourth-order valence-corrected chi connectivity index (χ4v) is 8.17. The third kappa shape index (κ3) is 8.44. The molecule has 0 saturated heterocycles. The van der Waals surface area contributed by atoms with Gasteiger partial charge in [-0.25, -0.2) is 0 Å². The zero-order valence-corrected chi connectivity index (χ0v) is 25.4. The average molecular weight is 579 g/mol. The summed E-state index contributed by atoms with van der Waals surface area (Å²) in [6.45, 7) is 20.4. The molecule has 0 atom stereocenters. The fourth-order valence-electron chi connectivity index (χ4n) is 1.71. The summed E-state index contributed by atoms with van der Waals surface area (Å²) in [6.07, 6.45) is 1.63. The zero-order valence-electron chi connectivity index (χ0n) is 22.6. The predicted octanol–water partition coefficient (Wildman–Crippen LogP) is 5.34. The molecule has 192 valence electrons. The van der Waals surface area contributed by atoms with Gasteiger partial charge >= 0.3 is 206 Å². The van der Waals surface area contributed by atoms with E-state index in [4.69, 9.17) is 12.3 Å². The van der Waals surface area contributed by atoms with Gasteiger partial charge in [0.05, 0.1) is 0 Å². The molecule has 0 aliphatic rings. The topological polar surface area (TPSA) is 105 Å². The Balaban J connectivity index is 6.71. The standard InChI is InChI=1S/4C6H12O2.Sn/c4*1-4-6(2,3)5(7)8;/h4*4H2,1-3H3,(H,7,8);/q;;;;+4/p-4. The second-order valence-corrected chi connectivity index (χ2v) is 16.2. The van der Waals surface area contributed by atoms with E-state index < -0.39 is 65.6 Å². The first kappa shape index (κ1) is 31.7. The van der Waals surface area contributed by atoms with Crippen LogP contribution in [0, 0.1) is 21.7 Å². The van der Waals surface area contributed by atoms with Gasteiger partial charge in [0.15, 0.2) is 0 Å². The Morgan fingerprint density at radius 3 is 0.727 bits per heavy atom. The molecule has 0 saturated carbocycles. The molecule has 0 fully saturated rings. The van der Waals surface area contributed by atoms with Gasteiger partial charge in [-0.2, -0.15) is 0 Å². The monoisotopic (exact) mass is 580 g/mol. The molecule has 0 bridgehead atoms. The molecule has 0 aromatic carbocycles. The molecule has 0 aliphatic heterocycles. The van der Waals surface area contributed by atoms with Crippen molar-refractivity contribution in [3.63, 3.8) is 0 Å². The summed E-state index contributed by atoms with van der Waals surface area (Å²) in [4.78, 5) is 52.3. The van der Waals surface area contributed by atoms with Crippen LogP contribution in [0.4, 0.5) is 0 Å². The Bertz CT molecular complexity index is 611. The van der Waals surface area contributed by atoms with Crippen LogP contribution in [0.3, 0.4) is 0 Å². The van der Waals surface area contributed by atoms with Gasteiger partial charge in [0.25, 0.3) is 0 Å². The van der Waals surface area contributed by atoms with Gasteiger partial charge in [-0.1, -0.05) is 0 Å². The molecule has 0 unspecified atom stereocenters. The first-order chi connectivity index (χ1) is 14.8. The Hall–Kier alpha value is -1.32. The van der Waals surface area contributed by atoms with Gasteiger partial charge in [0, 0.05) is 0 Å². The number of carbonyl (C=O) groups excluding carboxylic acids is 4. The van der Waals surface area contributed by atoms with Crippen LogP contribution in [0.2, 0.25) is 0 Å². The first-order valence-electron chi connectivity index (χ1n) is 11.7. The molecule has 8 nitrogen and oxygen atoms in total.